The standard InChI is InChI=1S/C18H16ClNO2S/c19-17-8-5-14(6-9-17)11-12-20-23(21,22)18-10-7-15-3-1-2-4-16(15)13-18/h1-10,13,20H,11-12H2. The van der Waals surface area contributed by atoms with Crippen LogP contribution in [0.5, 0.6) is 0 Å². The topological polar surface area (TPSA) is 46.2 Å². The first kappa shape index (κ1) is 16.0. The van der Waals surface area contributed by atoms with Gasteiger partial charge in [-0.05, 0) is 47.0 Å². The molecule has 5 heteroatoms. The summed E-state index contributed by atoms with van der Waals surface area (Å²) in [5.41, 5.74) is 1.04. The molecule has 1 N–H and O–H groups in total. The Morgan fingerprint density at radius 1 is 0.870 bits per heavy atom. The van der Waals surface area contributed by atoms with E-state index in [4.69, 9.17) is 11.6 Å². The molecule has 0 spiro atoms. The monoisotopic (exact) mass is 345 g/mol. The SMILES string of the molecule is O=S(=O)(NCCc1ccc(Cl)cc1)c1ccc2ccccc2c1. The van der Waals surface area contributed by atoms with Crippen LogP contribution in [0.25, 0.3) is 10.8 Å². The maximum atomic E-state index is 12.4. The number of fused-ring (bicyclic) bond motifs is 1. The van der Waals surface area contributed by atoms with Crippen LogP contribution in [0.4, 0.5) is 0 Å². The molecule has 0 aromatic heterocycles. The van der Waals surface area contributed by atoms with Gasteiger partial charge in [-0.15, -0.1) is 0 Å². The van der Waals surface area contributed by atoms with Crippen molar-refractivity contribution in [2.45, 2.75) is 11.3 Å². The summed E-state index contributed by atoms with van der Waals surface area (Å²) in [7, 11) is -3.51. The van der Waals surface area contributed by atoms with Crippen molar-refractivity contribution in [1.29, 1.82) is 0 Å². The van der Waals surface area contributed by atoms with Crippen molar-refractivity contribution in [1.82, 2.24) is 4.72 Å². The summed E-state index contributed by atoms with van der Waals surface area (Å²) in [6.07, 6.45) is 0.615. The third-order valence-corrected chi connectivity index (χ3v) is 5.36. The van der Waals surface area contributed by atoms with Crippen LogP contribution >= 0.6 is 11.6 Å². The summed E-state index contributed by atoms with van der Waals surface area (Å²) in [6, 6.07) is 20.2. The summed E-state index contributed by atoms with van der Waals surface area (Å²) < 4.78 is 27.4. The molecule has 3 aromatic rings. The zero-order valence-corrected chi connectivity index (χ0v) is 13.9. The van der Waals surface area contributed by atoms with Gasteiger partial charge in [0.2, 0.25) is 10.0 Å². The molecule has 0 aliphatic carbocycles. The minimum atomic E-state index is -3.51. The van der Waals surface area contributed by atoms with Crippen molar-refractivity contribution in [2.24, 2.45) is 0 Å². The largest absolute Gasteiger partial charge is 0.240 e. The maximum Gasteiger partial charge on any atom is 0.240 e. The number of hydrogen-bond donors (Lipinski definition) is 1. The van der Waals surface area contributed by atoms with E-state index in [-0.39, 0.29) is 4.90 Å². The van der Waals surface area contributed by atoms with Gasteiger partial charge in [0.1, 0.15) is 0 Å². The second-order valence-electron chi connectivity index (χ2n) is 5.28. The molecule has 0 amide bonds. The van der Waals surface area contributed by atoms with Crippen LogP contribution in [-0.2, 0) is 16.4 Å². The van der Waals surface area contributed by atoms with Gasteiger partial charge in [0, 0.05) is 11.6 Å². The number of rotatable bonds is 5. The lowest BCUT2D eigenvalue weighted by molar-refractivity contribution is 0.582. The third-order valence-electron chi connectivity index (χ3n) is 3.65. The molecular weight excluding hydrogens is 330 g/mol. The number of halogens is 1. The van der Waals surface area contributed by atoms with Crippen LogP contribution in [0, 0.1) is 0 Å². The van der Waals surface area contributed by atoms with E-state index in [9.17, 15) is 8.42 Å². The molecule has 0 heterocycles. The first-order valence-corrected chi connectivity index (χ1v) is 9.14. The van der Waals surface area contributed by atoms with E-state index in [1.807, 2.05) is 42.5 Å². The smallest absolute Gasteiger partial charge is 0.211 e. The fraction of sp³-hybridized carbons (Fsp3) is 0.111. The Kier molecular flexibility index (Phi) is 4.66. The molecule has 23 heavy (non-hydrogen) atoms. The molecule has 0 aliphatic heterocycles. The molecule has 0 saturated carbocycles. The van der Waals surface area contributed by atoms with Crippen molar-refractivity contribution >= 4 is 32.4 Å². The van der Waals surface area contributed by atoms with Gasteiger partial charge in [-0.1, -0.05) is 54.1 Å². The highest BCUT2D eigenvalue weighted by molar-refractivity contribution is 7.89. The summed E-state index contributed by atoms with van der Waals surface area (Å²) in [5, 5.41) is 2.60. The van der Waals surface area contributed by atoms with Gasteiger partial charge in [0.15, 0.2) is 0 Å². The van der Waals surface area contributed by atoms with Gasteiger partial charge in [-0.3, -0.25) is 0 Å². The third kappa shape index (κ3) is 3.91. The molecule has 0 saturated heterocycles. The van der Waals surface area contributed by atoms with E-state index in [0.29, 0.717) is 18.0 Å². The van der Waals surface area contributed by atoms with E-state index in [0.717, 1.165) is 16.3 Å². The van der Waals surface area contributed by atoms with Gasteiger partial charge < -0.3 is 0 Å². The highest BCUT2D eigenvalue weighted by atomic mass is 35.5. The van der Waals surface area contributed by atoms with E-state index in [1.165, 1.54) is 0 Å². The summed E-state index contributed by atoms with van der Waals surface area (Å²) in [5.74, 6) is 0. The average Bonchev–Trinajstić information content (AvgIpc) is 2.56. The Morgan fingerprint density at radius 3 is 2.30 bits per heavy atom. The van der Waals surface area contributed by atoms with Crippen LogP contribution in [0.2, 0.25) is 5.02 Å². The fourth-order valence-corrected chi connectivity index (χ4v) is 3.59. The molecule has 0 bridgehead atoms. The van der Waals surface area contributed by atoms with Gasteiger partial charge in [-0.25, -0.2) is 13.1 Å². The highest BCUT2D eigenvalue weighted by Gasteiger charge is 2.13. The van der Waals surface area contributed by atoms with Crippen LogP contribution in [0.1, 0.15) is 5.56 Å². The van der Waals surface area contributed by atoms with Crippen LogP contribution in [0.15, 0.2) is 71.6 Å². The Morgan fingerprint density at radius 2 is 1.57 bits per heavy atom. The van der Waals surface area contributed by atoms with E-state index >= 15 is 0 Å². The minimum Gasteiger partial charge on any atom is -0.211 e. The number of benzene rings is 3. The Balaban J connectivity index is 1.71. The predicted octanol–water partition coefficient (Wildman–Crippen LogP) is 4.01. The van der Waals surface area contributed by atoms with Gasteiger partial charge >= 0.3 is 0 Å². The van der Waals surface area contributed by atoms with Gasteiger partial charge in [0.25, 0.3) is 0 Å². The lowest BCUT2D eigenvalue weighted by Crippen LogP contribution is -2.25. The fourth-order valence-electron chi connectivity index (χ4n) is 2.40. The summed E-state index contributed by atoms with van der Waals surface area (Å²) in [4.78, 5) is 0.285. The van der Waals surface area contributed by atoms with Crippen LogP contribution < -0.4 is 4.72 Å². The molecule has 3 nitrogen and oxygen atoms in total. The molecule has 0 atom stereocenters. The predicted molar refractivity (Wildman–Crippen MR) is 94.3 cm³/mol. The first-order valence-electron chi connectivity index (χ1n) is 7.27. The van der Waals surface area contributed by atoms with Crippen molar-refractivity contribution in [2.75, 3.05) is 6.54 Å². The van der Waals surface area contributed by atoms with Gasteiger partial charge in [-0.2, -0.15) is 0 Å². The number of sulfonamides is 1. The molecule has 3 aromatic carbocycles. The van der Waals surface area contributed by atoms with E-state index in [2.05, 4.69) is 4.72 Å². The maximum absolute atomic E-state index is 12.4. The second-order valence-corrected chi connectivity index (χ2v) is 7.49. The molecule has 0 aliphatic rings. The number of nitrogens with one attached hydrogen (secondary N) is 1. The average molecular weight is 346 g/mol. The number of hydrogen-bond acceptors (Lipinski definition) is 2. The quantitative estimate of drug-likeness (QED) is 0.759. The zero-order chi connectivity index (χ0) is 16.3. The lowest BCUT2D eigenvalue weighted by atomic mass is 10.1. The van der Waals surface area contributed by atoms with Crippen LogP contribution in [-0.4, -0.2) is 15.0 Å². The molecular formula is C18H16ClNO2S. The van der Waals surface area contributed by atoms with Crippen molar-refractivity contribution in [3.05, 3.63) is 77.3 Å². The molecule has 0 fully saturated rings. The highest BCUT2D eigenvalue weighted by Crippen LogP contribution is 2.18. The van der Waals surface area contributed by atoms with Crippen molar-refractivity contribution < 1.29 is 8.42 Å². The molecule has 3 rings (SSSR count). The Bertz CT molecular complexity index is 921. The summed E-state index contributed by atoms with van der Waals surface area (Å²) in [6.45, 7) is 0.344. The molecule has 0 radical (unpaired) electrons. The van der Waals surface area contributed by atoms with Crippen molar-refractivity contribution in [3.8, 4) is 0 Å². The first-order chi connectivity index (χ1) is 11.0. The molecule has 0 unspecified atom stereocenters. The van der Waals surface area contributed by atoms with E-state index < -0.39 is 10.0 Å². The minimum absolute atomic E-state index is 0.285. The zero-order valence-electron chi connectivity index (χ0n) is 12.4. The summed E-state index contributed by atoms with van der Waals surface area (Å²) >= 11 is 5.83. The second kappa shape index (κ2) is 6.71. The molecule has 118 valence electrons. The Labute approximate surface area is 141 Å². The van der Waals surface area contributed by atoms with Crippen molar-refractivity contribution in [3.63, 3.8) is 0 Å². The lowest BCUT2D eigenvalue weighted by Gasteiger charge is -2.08. The van der Waals surface area contributed by atoms with E-state index in [1.54, 1.807) is 24.3 Å². The normalized spacial score (nSPS) is 11.7. The van der Waals surface area contributed by atoms with Crippen LogP contribution in [0.3, 0.4) is 0 Å². The van der Waals surface area contributed by atoms with Gasteiger partial charge in [0.05, 0.1) is 4.90 Å². The Hall–Kier alpha value is -1.88.